The van der Waals surface area contributed by atoms with Crippen LogP contribution in [-0.4, -0.2) is 17.6 Å². The molecular formula is C12H14BrNO2. The molecule has 2 atom stereocenters. The van der Waals surface area contributed by atoms with Crippen LogP contribution in [0.1, 0.15) is 24.4 Å². The SMILES string of the molecule is O=C(O)C1CCC(c2cccc(Br)c2)NC1. The van der Waals surface area contributed by atoms with Crippen molar-refractivity contribution in [3.05, 3.63) is 34.3 Å². The molecule has 1 aliphatic rings. The van der Waals surface area contributed by atoms with Gasteiger partial charge in [0.05, 0.1) is 5.92 Å². The Kier molecular flexibility index (Phi) is 3.61. The zero-order valence-corrected chi connectivity index (χ0v) is 10.4. The molecule has 2 unspecified atom stereocenters. The topological polar surface area (TPSA) is 49.3 Å². The largest absolute Gasteiger partial charge is 0.481 e. The first kappa shape index (κ1) is 11.6. The Morgan fingerprint density at radius 2 is 2.25 bits per heavy atom. The second-order valence-corrected chi connectivity index (χ2v) is 5.04. The number of hydrogen-bond donors (Lipinski definition) is 2. The molecule has 1 fully saturated rings. The summed E-state index contributed by atoms with van der Waals surface area (Å²) in [7, 11) is 0. The lowest BCUT2D eigenvalue weighted by molar-refractivity contribution is -0.142. The summed E-state index contributed by atoms with van der Waals surface area (Å²) in [4.78, 5) is 10.8. The van der Waals surface area contributed by atoms with Crippen molar-refractivity contribution in [1.29, 1.82) is 0 Å². The number of aliphatic carboxylic acids is 1. The van der Waals surface area contributed by atoms with E-state index in [2.05, 4.69) is 33.4 Å². The molecule has 0 aromatic heterocycles. The highest BCUT2D eigenvalue weighted by Crippen LogP contribution is 2.27. The molecule has 0 saturated carbocycles. The zero-order chi connectivity index (χ0) is 11.5. The summed E-state index contributed by atoms with van der Waals surface area (Å²) in [5.74, 6) is -0.927. The Balaban J connectivity index is 2.01. The molecule has 2 rings (SSSR count). The molecule has 0 spiro atoms. The van der Waals surface area contributed by atoms with Crippen LogP contribution < -0.4 is 5.32 Å². The number of nitrogens with one attached hydrogen (secondary N) is 1. The first-order valence-corrected chi connectivity index (χ1v) is 6.18. The van der Waals surface area contributed by atoms with E-state index in [9.17, 15) is 4.79 Å². The third-order valence-electron chi connectivity index (χ3n) is 3.01. The minimum atomic E-state index is -0.694. The smallest absolute Gasteiger partial charge is 0.307 e. The fourth-order valence-electron chi connectivity index (χ4n) is 2.08. The van der Waals surface area contributed by atoms with Crippen LogP contribution in [0.25, 0.3) is 0 Å². The van der Waals surface area contributed by atoms with Gasteiger partial charge in [-0.1, -0.05) is 28.1 Å². The second-order valence-electron chi connectivity index (χ2n) is 4.13. The minimum absolute atomic E-state index is 0.233. The van der Waals surface area contributed by atoms with Crippen LogP contribution in [0, 0.1) is 5.92 Å². The third-order valence-corrected chi connectivity index (χ3v) is 3.51. The highest BCUT2D eigenvalue weighted by atomic mass is 79.9. The molecule has 86 valence electrons. The predicted molar refractivity (Wildman–Crippen MR) is 65.2 cm³/mol. The Labute approximate surface area is 103 Å². The zero-order valence-electron chi connectivity index (χ0n) is 8.82. The number of rotatable bonds is 2. The average molecular weight is 284 g/mol. The molecule has 1 heterocycles. The Hall–Kier alpha value is -0.870. The lowest BCUT2D eigenvalue weighted by atomic mass is 9.91. The normalized spacial score (nSPS) is 25.3. The molecule has 0 radical (unpaired) electrons. The molecule has 1 aliphatic heterocycles. The van der Waals surface area contributed by atoms with Crippen molar-refractivity contribution in [1.82, 2.24) is 5.32 Å². The van der Waals surface area contributed by atoms with E-state index in [1.165, 1.54) is 5.56 Å². The summed E-state index contributed by atoms with van der Waals surface area (Å²) in [5.41, 5.74) is 1.22. The number of carboxylic acid groups (broad SMARTS) is 1. The van der Waals surface area contributed by atoms with E-state index in [1.807, 2.05) is 12.1 Å². The van der Waals surface area contributed by atoms with Crippen LogP contribution in [0.3, 0.4) is 0 Å². The van der Waals surface area contributed by atoms with Gasteiger partial charge in [0.25, 0.3) is 0 Å². The van der Waals surface area contributed by atoms with Gasteiger partial charge in [0.2, 0.25) is 0 Å². The van der Waals surface area contributed by atoms with E-state index in [-0.39, 0.29) is 12.0 Å². The van der Waals surface area contributed by atoms with E-state index in [1.54, 1.807) is 0 Å². The summed E-state index contributed by atoms with van der Waals surface area (Å²) in [5, 5.41) is 12.2. The molecule has 0 amide bonds. The Morgan fingerprint density at radius 3 is 2.81 bits per heavy atom. The second kappa shape index (κ2) is 4.97. The van der Waals surface area contributed by atoms with Gasteiger partial charge in [-0.25, -0.2) is 0 Å². The van der Waals surface area contributed by atoms with E-state index in [0.717, 1.165) is 17.3 Å². The fraction of sp³-hybridized carbons (Fsp3) is 0.417. The number of piperidine rings is 1. The molecule has 1 aromatic carbocycles. The molecule has 1 aromatic rings. The van der Waals surface area contributed by atoms with Gasteiger partial charge in [0.15, 0.2) is 0 Å². The average Bonchev–Trinajstić information content (AvgIpc) is 2.29. The number of carboxylic acids is 1. The van der Waals surface area contributed by atoms with Gasteiger partial charge in [-0.3, -0.25) is 4.79 Å². The van der Waals surface area contributed by atoms with Gasteiger partial charge in [-0.15, -0.1) is 0 Å². The Morgan fingerprint density at radius 1 is 1.44 bits per heavy atom. The molecular weight excluding hydrogens is 270 g/mol. The van der Waals surface area contributed by atoms with Crippen LogP contribution in [-0.2, 0) is 4.79 Å². The quantitative estimate of drug-likeness (QED) is 0.877. The van der Waals surface area contributed by atoms with Gasteiger partial charge in [0.1, 0.15) is 0 Å². The van der Waals surface area contributed by atoms with Gasteiger partial charge in [-0.05, 0) is 30.5 Å². The minimum Gasteiger partial charge on any atom is -0.481 e. The molecule has 1 saturated heterocycles. The van der Waals surface area contributed by atoms with Crippen LogP contribution in [0.15, 0.2) is 28.7 Å². The van der Waals surface area contributed by atoms with E-state index in [4.69, 9.17) is 5.11 Å². The lowest BCUT2D eigenvalue weighted by Crippen LogP contribution is -2.36. The highest BCUT2D eigenvalue weighted by molar-refractivity contribution is 9.10. The van der Waals surface area contributed by atoms with Crippen molar-refractivity contribution in [3.63, 3.8) is 0 Å². The van der Waals surface area contributed by atoms with Crippen molar-refractivity contribution in [2.75, 3.05) is 6.54 Å². The molecule has 3 nitrogen and oxygen atoms in total. The van der Waals surface area contributed by atoms with Crippen molar-refractivity contribution >= 4 is 21.9 Å². The van der Waals surface area contributed by atoms with E-state index >= 15 is 0 Å². The highest BCUT2D eigenvalue weighted by Gasteiger charge is 2.25. The van der Waals surface area contributed by atoms with Gasteiger partial charge in [0, 0.05) is 17.1 Å². The molecule has 0 bridgehead atoms. The van der Waals surface area contributed by atoms with Crippen molar-refractivity contribution in [2.24, 2.45) is 5.92 Å². The van der Waals surface area contributed by atoms with Crippen LogP contribution >= 0.6 is 15.9 Å². The van der Waals surface area contributed by atoms with Crippen LogP contribution in [0.2, 0.25) is 0 Å². The maximum Gasteiger partial charge on any atom is 0.307 e. The number of carbonyl (C=O) groups is 1. The third kappa shape index (κ3) is 2.62. The standard InChI is InChI=1S/C12H14BrNO2/c13-10-3-1-2-8(6-10)11-5-4-9(7-14-11)12(15)16/h1-3,6,9,11,14H,4-5,7H2,(H,15,16). The maximum absolute atomic E-state index is 10.8. The summed E-state index contributed by atoms with van der Waals surface area (Å²) in [6.45, 7) is 0.562. The number of hydrogen-bond acceptors (Lipinski definition) is 2. The lowest BCUT2D eigenvalue weighted by Gasteiger charge is -2.28. The summed E-state index contributed by atoms with van der Waals surface area (Å²) >= 11 is 3.44. The maximum atomic E-state index is 10.8. The fourth-order valence-corrected chi connectivity index (χ4v) is 2.49. The van der Waals surface area contributed by atoms with E-state index in [0.29, 0.717) is 6.54 Å². The van der Waals surface area contributed by atoms with Crippen molar-refractivity contribution < 1.29 is 9.90 Å². The van der Waals surface area contributed by atoms with E-state index < -0.39 is 5.97 Å². The summed E-state index contributed by atoms with van der Waals surface area (Å²) in [6.07, 6.45) is 1.63. The Bertz CT molecular complexity index is 386. The molecule has 0 aliphatic carbocycles. The van der Waals surface area contributed by atoms with Crippen molar-refractivity contribution in [3.8, 4) is 0 Å². The number of benzene rings is 1. The van der Waals surface area contributed by atoms with Crippen LogP contribution in [0.5, 0.6) is 0 Å². The molecule has 2 N–H and O–H groups in total. The first-order chi connectivity index (χ1) is 7.66. The van der Waals surface area contributed by atoms with Gasteiger partial charge >= 0.3 is 5.97 Å². The summed E-state index contributed by atoms with van der Waals surface area (Å²) < 4.78 is 1.06. The van der Waals surface area contributed by atoms with Crippen molar-refractivity contribution in [2.45, 2.75) is 18.9 Å². The molecule has 16 heavy (non-hydrogen) atoms. The van der Waals surface area contributed by atoms with Crippen LogP contribution in [0.4, 0.5) is 0 Å². The van der Waals surface area contributed by atoms with Gasteiger partial charge in [-0.2, -0.15) is 0 Å². The molecule has 4 heteroatoms. The monoisotopic (exact) mass is 283 g/mol. The predicted octanol–water partition coefficient (Wildman–Crippen LogP) is 2.57. The number of halogens is 1. The summed E-state index contributed by atoms with van der Waals surface area (Å²) in [6, 6.07) is 8.44. The van der Waals surface area contributed by atoms with Gasteiger partial charge < -0.3 is 10.4 Å². The first-order valence-electron chi connectivity index (χ1n) is 5.38.